The lowest BCUT2D eigenvalue weighted by Gasteiger charge is -2.14. The summed E-state index contributed by atoms with van der Waals surface area (Å²) in [5.41, 5.74) is 3.02. The van der Waals surface area contributed by atoms with Crippen molar-refractivity contribution >= 4 is 6.29 Å². The van der Waals surface area contributed by atoms with Crippen LogP contribution in [0.15, 0.2) is 47.1 Å². The van der Waals surface area contributed by atoms with E-state index >= 15 is 0 Å². The summed E-state index contributed by atoms with van der Waals surface area (Å²) in [6, 6.07) is 11.1. The lowest BCUT2D eigenvalue weighted by atomic mass is 9.96. The molecule has 2 aromatic carbocycles. The van der Waals surface area contributed by atoms with Crippen molar-refractivity contribution in [2.45, 2.75) is 0 Å². The molecule has 6 nitrogen and oxygen atoms in total. The maximum absolute atomic E-state index is 11.6. The Morgan fingerprint density at radius 1 is 0.815 bits per heavy atom. The molecule has 0 N–H and O–H groups in total. The molecule has 0 atom stereocenters. The summed E-state index contributed by atoms with van der Waals surface area (Å²) in [7, 11) is 6.24. The van der Waals surface area contributed by atoms with E-state index < -0.39 is 0 Å². The smallest absolute Gasteiger partial charge is 0.203 e. The molecule has 3 aromatic rings. The third-order valence-corrected chi connectivity index (χ3v) is 4.28. The summed E-state index contributed by atoms with van der Waals surface area (Å²) in [6.45, 7) is 0. The number of methoxy groups -OCH3 is 4. The van der Waals surface area contributed by atoms with Gasteiger partial charge in [0.2, 0.25) is 5.75 Å². The largest absolute Gasteiger partial charge is 0.497 e. The molecule has 1 aromatic heterocycles. The maximum atomic E-state index is 11.6. The van der Waals surface area contributed by atoms with Gasteiger partial charge in [0, 0.05) is 11.1 Å². The molecule has 27 heavy (non-hydrogen) atoms. The van der Waals surface area contributed by atoms with Gasteiger partial charge in [-0.05, 0) is 35.4 Å². The predicted molar refractivity (Wildman–Crippen MR) is 101 cm³/mol. The van der Waals surface area contributed by atoms with Gasteiger partial charge in [0.15, 0.2) is 23.5 Å². The van der Waals surface area contributed by atoms with Crippen LogP contribution in [0.4, 0.5) is 0 Å². The van der Waals surface area contributed by atoms with Crippen molar-refractivity contribution in [3.63, 3.8) is 0 Å². The van der Waals surface area contributed by atoms with E-state index in [0.29, 0.717) is 34.7 Å². The van der Waals surface area contributed by atoms with Gasteiger partial charge >= 0.3 is 0 Å². The van der Waals surface area contributed by atoms with E-state index in [9.17, 15) is 4.79 Å². The topological polar surface area (TPSA) is 67.1 Å². The van der Waals surface area contributed by atoms with Crippen LogP contribution in [-0.4, -0.2) is 34.7 Å². The Hall–Kier alpha value is -3.41. The number of rotatable bonds is 7. The molecule has 0 amide bonds. The van der Waals surface area contributed by atoms with Crippen LogP contribution >= 0.6 is 0 Å². The van der Waals surface area contributed by atoms with E-state index in [1.54, 1.807) is 39.7 Å². The number of ether oxygens (including phenoxy) is 4. The van der Waals surface area contributed by atoms with Gasteiger partial charge in [0.05, 0.1) is 34.7 Å². The maximum Gasteiger partial charge on any atom is 0.203 e. The minimum absolute atomic E-state index is 0.218. The molecule has 0 radical (unpaired) electrons. The molecular formula is C21H20O6. The summed E-state index contributed by atoms with van der Waals surface area (Å²) in [5, 5.41) is 0. The van der Waals surface area contributed by atoms with E-state index in [4.69, 9.17) is 23.4 Å². The molecule has 0 fully saturated rings. The quantitative estimate of drug-likeness (QED) is 0.574. The van der Waals surface area contributed by atoms with Gasteiger partial charge in [-0.15, -0.1) is 0 Å². The van der Waals surface area contributed by atoms with E-state index in [-0.39, 0.29) is 5.76 Å². The lowest BCUT2D eigenvalue weighted by molar-refractivity contribution is 0.110. The monoisotopic (exact) mass is 368 g/mol. The summed E-state index contributed by atoms with van der Waals surface area (Å²) in [4.78, 5) is 11.6. The molecule has 1 heterocycles. The van der Waals surface area contributed by atoms with E-state index in [1.807, 2.05) is 24.3 Å². The first kappa shape index (κ1) is 18.4. The van der Waals surface area contributed by atoms with Crippen LogP contribution in [0.3, 0.4) is 0 Å². The normalized spacial score (nSPS) is 10.4. The molecule has 0 spiro atoms. The zero-order chi connectivity index (χ0) is 19.4. The number of furan rings is 1. The Bertz CT molecular complexity index is 915. The molecule has 0 bridgehead atoms. The highest BCUT2D eigenvalue weighted by Gasteiger charge is 2.21. The lowest BCUT2D eigenvalue weighted by Crippen LogP contribution is -1.96. The molecular weight excluding hydrogens is 348 g/mol. The highest BCUT2D eigenvalue weighted by Crippen LogP contribution is 2.44. The molecule has 0 unspecified atom stereocenters. The molecule has 3 rings (SSSR count). The number of carbonyl (C=O) groups is 1. The first-order valence-electron chi connectivity index (χ1n) is 8.18. The van der Waals surface area contributed by atoms with Crippen molar-refractivity contribution in [1.82, 2.24) is 0 Å². The zero-order valence-electron chi connectivity index (χ0n) is 15.6. The number of hydrogen-bond donors (Lipinski definition) is 0. The van der Waals surface area contributed by atoms with Crippen molar-refractivity contribution in [2.24, 2.45) is 0 Å². The zero-order valence-corrected chi connectivity index (χ0v) is 15.6. The minimum atomic E-state index is 0.218. The highest BCUT2D eigenvalue weighted by atomic mass is 16.5. The van der Waals surface area contributed by atoms with Crippen molar-refractivity contribution in [3.05, 3.63) is 48.4 Å². The number of benzene rings is 2. The van der Waals surface area contributed by atoms with E-state index in [1.165, 1.54) is 7.11 Å². The highest BCUT2D eigenvalue weighted by molar-refractivity contribution is 5.94. The van der Waals surface area contributed by atoms with Gasteiger partial charge < -0.3 is 23.4 Å². The Balaban J connectivity index is 2.21. The summed E-state index contributed by atoms with van der Waals surface area (Å²) in [6.07, 6.45) is 2.25. The van der Waals surface area contributed by atoms with Crippen molar-refractivity contribution in [3.8, 4) is 45.3 Å². The van der Waals surface area contributed by atoms with Gasteiger partial charge in [0.1, 0.15) is 5.75 Å². The molecule has 0 aliphatic carbocycles. The Labute approximate surface area is 157 Å². The third-order valence-electron chi connectivity index (χ3n) is 4.28. The van der Waals surface area contributed by atoms with Crippen molar-refractivity contribution in [2.75, 3.05) is 28.4 Å². The number of carbonyl (C=O) groups excluding carboxylic acids is 1. The summed E-state index contributed by atoms with van der Waals surface area (Å²) >= 11 is 0. The second-order valence-corrected chi connectivity index (χ2v) is 5.65. The SMILES string of the molecule is COc1ccc(-c2coc(C=O)c2-c2cc(OC)c(OC)c(OC)c2)cc1. The minimum Gasteiger partial charge on any atom is -0.497 e. The fourth-order valence-corrected chi connectivity index (χ4v) is 2.97. The standard InChI is InChI=1S/C21H20O6/c1-23-15-7-5-13(6-8-15)16-12-27-19(11-22)20(16)14-9-17(24-2)21(26-4)18(10-14)25-3/h5-12H,1-4H3. The van der Waals surface area contributed by atoms with Gasteiger partial charge in [-0.2, -0.15) is 0 Å². The summed E-state index contributed by atoms with van der Waals surface area (Å²) in [5.74, 6) is 2.42. The predicted octanol–water partition coefficient (Wildman–Crippen LogP) is 4.46. The molecule has 6 heteroatoms. The third kappa shape index (κ3) is 3.33. The van der Waals surface area contributed by atoms with Crippen LogP contribution < -0.4 is 18.9 Å². The average Bonchev–Trinajstić information content (AvgIpc) is 3.16. The Morgan fingerprint density at radius 2 is 1.44 bits per heavy atom. The first-order chi connectivity index (χ1) is 13.2. The second kappa shape index (κ2) is 7.86. The molecule has 0 saturated heterocycles. The molecule has 0 saturated carbocycles. The fourth-order valence-electron chi connectivity index (χ4n) is 2.97. The Kier molecular flexibility index (Phi) is 5.35. The van der Waals surface area contributed by atoms with Crippen LogP contribution in [0, 0.1) is 0 Å². The van der Waals surface area contributed by atoms with Gasteiger partial charge in [-0.3, -0.25) is 4.79 Å². The fraction of sp³-hybridized carbons (Fsp3) is 0.190. The molecule has 0 aliphatic rings. The number of aldehydes is 1. The van der Waals surface area contributed by atoms with Crippen LogP contribution in [0.25, 0.3) is 22.3 Å². The van der Waals surface area contributed by atoms with Crippen LogP contribution in [0.5, 0.6) is 23.0 Å². The first-order valence-corrected chi connectivity index (χ1v) is 8.18. The number of hydrogen-bond acceptors (Lipinski definition) is 6. The van der Waals surface area contributed by atoms with Crippen molar-refractivity contribution in [1.29, 1.82) is 0 Å². The van der Waals surface area contributed by atoms with Gasteiger partial charge in [-0.25, -0.2) is 0 Å². The average molecular weight is 368 g/mol. The van der Waals surface area contributed by atoms with Gasteiger partial charge in [-0.1, -0.05) is 12.1 Å². The van der Waals surface area contributed by atoms with E-state index in [2.05, 4.69) is 0 Å². The van der Waals surface area contributed by atoms with Crippen molar-refractivity contribution < 1.29 is 28.2 Å². The van der Waals surface area contributed by atoms with Crippen LogP contribution in [0.2, 0.25) is 0 Å². The second-order valence-electron chi connectivity index (χ2n) is 5.65. The Morgan fingerprint density at radius 3 is 1.93 bits per heavy atom. The van der Waals surface area contributed by atoms with Crippen LogP contribution in [-0.2, 0) is 0 Å². The molecule has 0 aliphatic heterocycles. The van der Waals surface area contributed by atoms with Crippen LogP contribution in [0.1, 0.15) is 10.6 Å². The van der Waals surface area contributed by atoms with Gasteiger partial charge in [0.25, 0.3) is 0 Å². The van der Waals surface area contributed by atoms with E-state index in [0.717, 1.165) is 16.9 Å². The summed E-state index contributed by atoms with van der Waals surface area (Å²) < 4.78 is 26.9. The molecule has 140 valence electrons.